The molecule has 1 aromatic rings. The Bertz CT molecular complexity index is 584. The van der Waals surface area contributed by atoms with Gasteiger partial charge in [0.2, 0.25) is 5.91 Å². The van der Waals surface area contributed by atoms with Crippen LogP contribution in [-0.2, 0) is 14.6 Å². The predicted molar refractivity (Wildman–Crippen MR) is 77.1 cm³/mol. The Morgan fingerprint density at radius 1 is 1.47 bits per heavy atom. The zero-order chi connectivity index (χ0) is 14.5. The molecule has 0 radical (unpaired) electrons. The van der Waals surface area contributed by atoms with E-state index in [1.807, 2.05) is 0 Å². The second-order valence-corrected chi connectivity index (χ2v) is 6.57. The summed E-state index contributed by atoms with van der Waals surface area (Å²) in [4.78, 5) is 11.6. The summed E-state index contributed by atoms with van der Waals surface area (Å²) in [5.41, 5.74) is 5.74. The van der Waals surface area contributed by atoms with Crippen LogP contribution >= 0.6 is 12.2 Å². The van der Waals surface area contributed by atoms with Crippen LogP contribution in [0.2, 0.25) is 0 Å². The van der Waals surface area contributed by atoms with Gasteiger partial charge in [-0.05, 0) is 12.1 Å². The van der Waals surface area contributed by atoms with Crippen molar-refractivity contribution in [3.05, 3.63) is 24.3 Å². The number of benzene rings is 1. The van der Waals surface area contributed by atoms with Gasteiger partial charge in [0.1, 0.15) is 23.1 Å². The van der Waals surface area contributed by atoms with Crippen LogP contribution in [0.4, 0.5) is 5.69 Å². The molecule has 0 unspecified atom stereocenters. The van der Waals surface area contributed by atoms with Crippen molar-refractivity contribution in [2.75, 3.05) is 23.9 Å². The maximum absolute atomic E-state index is 11.4. The Morgan fingerprint density at radius 2 is 2.16 bits per heavy atom. The smallest absolute Gasteiger partial charge is 0.239 e. The van der Waals surface area contributed by atoms with Crippen molar-refractivity contribution in [3.8, 4) is 5.75 Å². The fourth-order valence-corrected chi connectivity index (χ4v) is 1.86. The number of sulfone groups is 1. The van der Waals surface area contributed by atoms with Crippen LogP contribution in [0.1, 0.15) is 0 Å². The first-order valence-corrected chi connectivity index (χ1v) is 7.72. The molecule has 1 rings (SSSR count). The molecule has 3 N–H and O–H groups in total. The summed E-state index contributed by atoms with van der Waals surface area (Å²) in [5.74, 6) is -0.690. The Morgan fingerprint density at radius 3 is 2.74 bits per heavy atom. The Hall–Kier alpha value is -1.67. The summed E-state index contributed by atoms with van der Waals surface area (Å²) in [5, 5.41) is 2.46. The lowest BCUT2D eigenvalue weighted by Crippen LogP contribution is -2.22. The molecule has 104 valence electrons. The van der Waals surface area contributed by atoms with Crippen molar-refractivity contribution in [3.63, 3.8) is 0 Å². The summed E-state index contributed by atoms with van der Waals surface area (Å²) in [6, 6.07) is 6.50. The van der Waals surface area contributed by atoms with Gasteiger partial charge in [0.05, 0.1) is 0 Å². The topological polar surface area (TPSA) is 98.5 Å². The number of hydrogen-bond acceptors (Lipinski definition) is 5. The fourth-order valence-electron chi connectivity index (χ4n) is 1.25. The number of carbonyl (C=O) groups is 1. The highest BCUT2D eigenvalue weighted by Crippen LogP contribution is 2.17. The summed E-state index contributed by atoms with van der Waals surface area (Å²) < 4.78 is 27.2. The highest BCUT2D eigenvalue weighted by molar-refractivity contribution is 7.91. The van der Waals surface area contributed by atoms with E-state index in [9.17, 15) is 13.2 Å². The number of hydrogen-bond donors (Lipinski definition) is 2. The molecule has 0 atom stereocenters. The molecule has 0 aromatic heterocycles. The van der Waals surface area contributed by atoms with Gasteiger partial charge in [-0.3, -0.25) is 4.79 Å². The summed E-state index contributed by atoms with van der Waals surface area (Å²) in [6.07, 6.45) is 0.994. The SMILES string of the molecule is CS(=O)(=O)CC(=O)Nc1cccc(OCC(N)=S)c1. The minimum atomic E-state index is -3.35. The average molecular weight is 302 g/mol. The van der Waals surface area contributed by atoms with E-state index in [4.69, 9.17) is 10.5 Å². The Kier molecular flexibility index (Phi) is 5.25. The van der Waals surface area contributed by atoms with Crippen LogP contribution < -0.4 is 15.8 Å². The average Bonchev–Trinajstić information content (AvgIpc) is 2.24. The monoisotopic (exact) mass is 302 g/mol. The van der Waals surface area contributed by atoms with Gasteiger partial charge in [0, 0.05) is 18.0 Å². The number of rotatable bonds is 6. The lowest BCUT2D eigenvalue weighted by Gasteiger charge is -2.08. The predicted octanol–water partition coefficient (Wildman–Crippen LogP) is 0.335. The molecule has 19 heavy (non-hydrogen) atoms. The van der Waals surface area contributed by atoms with Crippen LogP contribution in [0.3, 0.4) is 0 Å². The number of ether oxygens (including phenoxy) is 1. The molecular formula is C11H14N2O4S2. The first kappa shape index (κ1) is 15.4. The third-order valence-electron chi connectivity index (χ3n) is 1.89. The summed E-state index contributed by atoms with van der Waals surface area (Å²) >= 11 is 4.67. The summed E-state index contributed by atoms with van der Waals surface area (Å²) in [7, 11) is -3.35. The van der Waals surface area contributed by atoms with E-state index in [0.717, 1.165) is 6.26 Å². The number of nitrogens with two attached hydrogens (primary N) is 1. The van der Waals surface area contributed by atoms with Crippen LogP contribution in [0.25, 0.3) is 0 Å². The molecule has 0 bridgehead atoms. The minimum absolute atomic E-state index is 0.0933. The fraction of sp³-hybridized carbons (Fsp3) is 0.273. The van der Waals surface area contributed by atoms with Crippen LogP contribution in [-0.4, -0.2) is 37.9 Å². The quantitative estimate of drug-likeness (QED) is 0.735. The van der Waals surface area contributed by atoms with E-state index in [2.05, 4.69) is 17.5 Å². The molecule has 6 nitrogen and oxygen atoms in total. The van der Waals surface area contributed by atoms with Crippen molar-refractivity contribution in [2.45, 2.75) is 0 Å². The van der Waals surface area contributed by atoms with Crippen LogP contribution in [0.5, 0.6) is 5.75 Å². The number of carbonyl (C=O) groups excluding carboxylic acids is 1. The molecule has 8 heteroatoms. The Balaban J connectivity index is 2.66. The van der Waals surface area contributed by atoms with E-state index >= 15 is 0 Å². The van der Waals surface area contributed by atoms with E-state index in [-0.39, 0.29) is 11.6 Å². The first-order chi connectivity index (χ1) is 8.76. The van der Waals surface area contributed by atoms with Crippen molar-refractivity contribution in [1.29, 1.82) is 0 Å². The van der Waals surface area contributed by atoms with Gasteiger partial charge in [-0.25, -0.2) is 8.42 Å². The molecule has 1 aromatic carbocycles. The zero-order valence-corrected chi connectivity index (χ0v) is 11.9. The highest BCUT2D eigenvalue weighted by Gasteiger charge is 2.11. The Labute approximate surface area is 116 Å². The largest absolute Gasteiger partial charge is 0.486 e. The third kappa shape index (κ3) is 6.73. The maximum Gasteiger partial charge on any atom is 0.239 e. The van der Waals surface area contributed by atoms with E-state index in [1.165, 1.54) is 0 Å². The van der Waals surface area contributed by atoms with Crippen LogP contribution in [0, 0.1) is 0 Å². The molecule has 0 spiro atoms. The molecule has 0 aliphatic heterocycles. The molecular weight excluding hydrogens is 288 g/mol. The molecule has 0 fully saturated rings. The van der Waals surface area contributed by atoms with E-state index < -0.39 is 21.5 Å². The van der Waals surface area contributed by atoms with E-state index in [0.29, 0.717) is 11.4 Å². The lowest BCUT2D eigenvalue weighted by atomic mass is 10.3. The standard InChI is InChI=1S/C11H14N2O4S2/c1-19(15,16)7-11(14)13-8-3-2-4-9(5-8)17-6-10(12)18/h2-5H,6-7H2,1H3,(H2,12,18)(H,13,14). The minimum Gasteiger partial charge on any atom is -0.486 e. The highest BCUT2D eigenvalue weighted by atomic mass is 32.2. The summed E-state index contributed by atoms with van der Waals surface area (Å²) in [6.45, 7) is 0.0933. The molecule has 1 amide bonds. The second-order valence-electron chi connectivity index (χ2n) is 3.90. The molecule has 0 aliphatic rings. The number of nitrogens with one attached hydrogen (secondary N) is 1. The van der Waals surface area contributed by atoms with Crippen molar-refractivity contribution < 1.29 is 17.9 Å². The molecule has 0 heterocycles. The third-order valence-corrected chi connectivity index (χ3v) is 2.80. The van der Waals surface area contributed by atoms with E-state index in [1.54, 1.807) is 24.3 Å². The lowest BCUT2D eigenvalue weighted by molar-refractivity contribution is -0.113. The van der Waals surface area contributed by atoms with Gasteiger partial charge in [0.15, 0.2) is 9.84 Å². The number of anilines is 1. The van der Waals surface area contributed by atoms with Gasteiger partial charge in [-0.2, -0.15) is 0 Å². The van der Waals surface area contributed by atoms with Crippen LogP contribution in [0.15, 0.2) is 24.3 Å². The zero-order valence-electron chi connectivity index (χ0n) is 10.3. The molecule has 0 saturated heterocycles. The van der Waals surface area contributed by atoms with Crippen molar-refractivity contribution in [2.24, 2.45) is 5.73 Å². The maximum atomic E-state index is 11.4. The number of amides is 1. The van der Waals surface area contributed by atoms with Crippen molar-refractivity contribution >= 4 is 38.6 Å². The number of thiocarbonyl (C=S) groups is 1. The van der Waals surface area contributed by atoms with Gasteiger partial charge < -0.3 is 15.8 Å². The second kappa shape index (κ2) is 6.48. The van der Waals surface area contributed by atoms with Gasteiger partial charge >= 0.3 is 0 Å². The molecule has 0 saturated carbocycles. The normalized spacial score (nSPS) is 10.8. The van der Waals surface area contributed by atoms with Crippen molar-refractivity contribution in [1.82, 2.24) is 0 Å². The molecule has 0 aliphatic carbocycles. The first-order valence-electron chi connectivity index (χ1n) is 5.25. The van der Waals surface area contributed by atoms with Gasteiger partial charge in [0.25, 0.3) is 0 Å². The van der Waals surface area contributed by atoms with Gasteiger partial charge in [-0.15, -0.1) is 0 Å². The van der Waals surface area contributed by atoms with Gasteiger partial charge in [-0.1, -0.05) is 18.3 Å².